The first kappa shape index (κ1) is 15.5. The third-order valence-corrected chi connectivity index (χ3v) is 5.74. The molecule has 0 atom stereocenters. The van der Waals surface area contributed by atoms with Crippen molar-refractivity contribution in [1.82, 2.24) is 9.97 Å². The SMILES string of the molecule is Clc1cc(-c2ccccc2)nc(-c2cccc3sc4ccccc4c23)n1. The standard InChI is InChI=1S/C22H13ClN2S/c23-20-13-17(14-7-2-1-3-8-14)24-22(25-20)16-10-6-12-19-21(16)15-9-4-5-11-18(15)26-19/h1-13H. The zero-order valence-electron chi connectivity index (χ0n) is 13.7. The van der Waals surface area contributed by atoms with E-state index in [4.69, 9.17) is 16.6 Å². The van der Waals surface area contributed by atoms with E-state index in [0.717, 1.165) is 16.8 Å². The Morgan fingerprint density at radius 3 is 2.38 bits per heavy atom. The zero-order chi connectivity index (χ0) is 17.5. The molecule has 0 saturated heterocycles. The van der Waals surface area contributed by atoms with Crippen molar-refractivity contribution < 1.29 is 0 Å². The third kappa shape index (κ3) is 2.57. The highest BCUT2D eigenvalue weighted by Crippen LogP contribution is 2.39. The van der Waals surface area contributed by atoms with Crippen LogP contribution in [0.5, 0.6) is 0 Å². The van der Waals surface area contributed by atoms with E-state index >= 15 is 0 Å². The smallest absolute Gasteiger partial charge is 0.162 e. The number of rotatable bonds is 2. The number of benzene rings is 3. The van der Waals surface area contributed by atoms with Crippen LogP contribution in [-0.4, -0.2) is 9.97 Å². The van der Waals surface area contributed by atoms with Crippen LogP contribution in [0.3, 0.4) is 0 Å². The third-order valence-electron chi connectivity index (χ3n) is 4.41. The number of halogens is 1. The van der Waals surface area contributed by atoms with Gasteiger partial charge in [-0.3, -0.25) is 0 Å². The molecule has 5 aromatic rings. The minimum Gasteiger partial charge on any atom is -0.228 e. The van der Waals surface area contributed by atoms with Crippen molar-refractivity contribution in [3.63, 3.8) is 0 Å². The molecule has 124 valence electrons. The number of thiophene rings is 1. The number of fused-ring (bicyclic) bond motifs is 3. The first-order valence-electron chi connectivity index (χ1n) is 8.30. The number of nitrogens with zero attached hydrogens (tertiary/aromatic N) is 2. The fourth-order valence-corrected chi connectivity index (χ4v) is 4.57. The van der Waals surface area contributed by atoms with E-state index < -0.39 is 0 Å². The summed E-state index contributed by atoms with van der Waals surface area (Å²) in [5.41, 5.74) is 2.87. The fraction of sp³-hybridized carbons (Fsp3) is 0. The summed E-state index contributed by atoms with van der Waals surface area (Å²) in [6.07, 6.45) is 0. The Kier molecular flexibility index (Phi) is 3.70. The fourth-order valence-electron chi connectivity index (χ4n) is 3.26. The molecule has 2 heterocycles. The second kappa shape index (κ2) is 6.20. The molecule has 0 radical (unpaired) electrons. The Morgan fingerprint density at radius 2 is 1.50 bits per heavy atom. The van der Waals surface area contributed by atoms with Crippen molar-refractivity contribution in [2.75, 3.05) is 0 Å². The van der Waals surface area contributed by atoms with Gasteiger partial charge in [-0.2, -0.15) is 0 Å². The molecule has 0 saturated carbocycles. The summed E-state index contributed by atoms with van der Waals surface area (Å²) in [7, 11) is 0. The molecule has 0 aliphatic rings. The zero-order valence-corrected chi connectivity index (χ0v) is 15.3. The molecule has 0 aliphatic carbocycles. The molecule has 26 heavy (non-hydrogen) atoms. The number of hydrogen-bond acceptors (Lipinski definition) is 3. The van der Waals surface area contributed by atoms with E-state index in [9.17, 15) is 0 Å². The molecule has 2 aromatic heterocycles. The van der Waals surface area contributed by atoms with Crippen molar-refractivity contribution in [3.8, 4) is 22.6 Å². The van der Waals surface area contributed by atoms with Gasteiger partial charge in [0.15, 0.2) is 5.82 Å². The van der Waals surface area contributed by atoms with Gasteiger partial charge in [-0.25, -0.2) is 9.97 Å². The molecule has 0 amide bonds. The summed E-state index contributed by atoms with van der Waals surface area (Å²) >= 11 is 8.13. The van der Waals surface area contributed by atoms with Gasteiger partial charge in [0, 0.05) is 37.4 Å². The molecule has 0 spiro atoms. The molecule has 4 heteroatoms. The maximum absolute atomic E-state index is 6.34. The Balaban J connectivity index is 1.80. The van der Waals surface area contributed by atoms with E-state index in [1.165, 1.54) is 20.2 Å². The molecule has 5 rings (SSSR count). The van der Waals surface area contributed by atoms with Gasteiger partial charge in [-0.1, -0.05) is 72.3 Å². The minimum absolute atomic E-state index is 0.449. The maximum Gasteiger partial charge on any atom is 0.162 e. The van der Waals surface area contributed by atoms with Gasteiger partial charge in [-0.15, -0.1) is 11.3 Å². The summed E-state index contributed by atoms with van der Waals surface area (Å²) in [6.45, 7) is 0. The molecule has 3 aromatic carbocycles. The highest BCUT2D eigenvalue weighted by atomic mass is 35.5. The molecule has 0 N–H and O–H groups in total. The van der Waals surface area contributed by atoms with Crippen molar-refractivity contribution in [1.29, 1.82) is 0 Å². The molecule has 2 nitrogen and oxygen atoms in total. The summed E-state index contributed by atoms with van der Waals surface area (Å²) < 4.78 is 2.49. The van der Waals surface area contributed by atoms with Crippen LogP contribution in [0.2, 0.25) is 5.15 Å². The van der Waals surface area contributed by atoms with E-state index in [1.807, 2.05) is 36.4 Å². The lowest BCUT2D eigenvalue weighted by molar-refractivity contribution is 1.18. The van der Waals surface area contributed by atoms with Crippen molar-refractivity contribution in [2.24, 2.45) is 0 Å². The summed E-state index contributed by atoms with van der Waals surface area (Å²) in [5, 5.41) is 2.87. The monoisotopic (exact) mass is 372 g/mol. The largest absolute Gasteiger partial charge is 0.228 e. The predicted octanol–water partition coefficient (Wildman–Crippen LogP) is 6.83. The molecule has 0 fully saturated rings. The van der Waals surface area contributed by atoms with Crippen LogP contribution in [0.25, 0.3) is 42.8 Å². The second-order valence-electron chi connectivity index (χ2n) is 6.04. The average Bonchev–Trinajstić information content (AvgIpc) is 3.07. The van der Waals surface area contributed by atoms with E-state index in [0.29, 0.717) is 11.0 Å². The van der Waals surface area contributed by atoms with Crippen LogP contribution in [0.15, 0.2) is 78.9 Å². The highest BCUT2D eigenvalue weighted by molar-refractivity contribution is 7.25. The second-order valence-corrected chi connectivity index (χ2v) is 7.51. The lowest BCUT2D eigenvalue weighted by Crippen LogP contribution is -1.93. The minimum atomic E-state index is 0.449. The lowest BCUT2D eigenvalue weighted by atomic mass is 10.1. The van der Waals surface area contributed by atoms with Gasteiger partial charge in [0.2, 0.25) is 0 Å². The van der Waals surface area contributed by atoms with Crippen LogP contribution in [-0.2, 0) is 0 Å². The van der Waals surface area contributed by atoms with Crippen LogP contribution < -0.4 is 0 Å². The Hall–Kier alpha value is -2.75. The summed E-state index contributed by atoms with van der Waals surface area (Å²) in [6, 6.07) is 26.6. The van der Waals surface area contributed by atoms with Crippen molar-refractivity contribution in [3.05, 3.63) is 84.0 Å². The topological polar surface area (TPSA) is 25.8 Å². The summed E-state index contributed by atoms with van der Waals surface area (Å²) in [5.74, 6) is 0.658. The first-order chi connectivity index (χ1) is 12.8. The van der Waals surface area contributed by atoms with Gasteiger partial charge in [-0.05, 0) is 12.1 Å². The molecule has 0 bridgehead atoms. The van der Waals surface area contributed by atoms with Crippen molar-refractivity contribution >= 4 is 43.1 Å². The average molecular weight is 373 g/mol. The van der Waals surface area contributed by atoms with Gasteiger partial charge in [0.05, 0.1) is 5.69 Å². The lowest BCUT2D eigenvalue weighted by Gasteiger charge is -2.07. The molecular weight excluding hydrogens is 360 g/mol. The van der Waals surface area contributed by atoms with Crippen LogP contribution in [0.1, 0.15) is 0 Å². The Morgan fingerprint density at radius 1 is 0.731 bits per heavy atom. The normalized spacial score (nSPS) is 11.3. The van der Waals surface area contributed by atoms with Gasteiger partial charge in [0.25, 0.3) is 0 Å². The molecular formula is C22H13ClN2S. The molecule has 0 unspecified atom stereocenters. The summed E-state index contributed by atoms with van der Waals surface area (Å²) in [4.78, 5) is 9.34. The van der Waals surface area contributed by atoms with E-state index in [1.54, 1.807) is 11.3 Å². The van der Waals surface area contributed by atoms with E-state index in [-0.39, 0.29) is 0 Å². The van der Waals surface area contributed by atoms with Gasteiger partial charge in [0.1, 0.15) is 5.15 Å². The van der Waals surface area contributed by atoms with Crippen molar-refractivity contribution in [2.45, 2.75) is 0 Å². The predicted molar refractivity (Wildman–Crippen MR) is 111 cm³/mol. The quantitative estimate of drug-likeness (QED) is 0.317. The molecule has 0 aliphatic heterocycles. The van der Waals surface area contributed by atoms with Crippen LogP contribution in [0.4, 0.5) is 0 Å². The van der Waals surface area contributed by atoms with Crippen LogP contribution in [0, 0.1) is 0 Å². The highest BCUT2D eigenvalue weighted by Gasteiger charge is 2.14. The Labute approximate surface area is 159 Å². The van der Waals surface area contributed by atoms with Gasteiger partial charge >= 0.3 is 0 Å². The van der Waals surface area contributed by atoms with Gasteiger partial charge < -0.3 is 0 Å². The first-order valence-corrected chi connectivity index (χ1v) is 9.50. The Bertz CT molecular complexity index is 1250. The maximum atomic E-state index is 6.34. The van der Waals surface area contributed by atoms with E-state index in [2.05, 4.69) is 47.4 Å². The number of hydrogen-bond donors (Lipinski definition) is 0. The van der Waals surface area contributed by atoms with Crippen LogP contribution >= 0.6 is 22.9 Å². The number of aromatic nitrogens is 2.